The van der Waals surface area contributed by atoms with Crippen LogP contribution in [0.5, 0.6) is 0 Å². The molecular formula is C19H20F2N2O. The summed E-state index contributed by atoms with van der Waals surface area (Å²) in [5.41, 5.74) is 2.49. The first-order chi connectivity index (χ1) is 11.6. The lowest BCUT2D eigenvalue weighted by Crippen LogP contribution is -2.18. The molecule has 0 bridgehead atoms. The Bertz CT molecular complexity index is 748. The van der Waals surface area contributed by atoms with Crippen molar-refractivity contribution in [2.75, 3.05) is 11.9 Å². The lowest BCUT2D eigenvalue weighted by Gasteiger charge is -2.11. The van der Waals surface area contributed by atoms with Gasteiger partial charge in [-0.15, -0.1) is 0 Å². The SMILES string of the molecule is CCNCc1ccccc1NC(=O)[C@@H]1C[C@H]1c1ccc(F)c(F)c1. The van der Waals surface area contributed by atoms with E-state index in [9.17, 15) is 13.6 Å². The number of benzene rings is 2. The Morgan fingerprint density at radius 3 is 2.71 bits per heavy atom. The smallest absolute Gasteiger partial charge is 0.228 e. The normalized spacial score (nSPS) is 19.1. The van der Waals surface area contributed by atoms with E-state index in [0.717, 1.165) is 23.9 Å². The van der Waals surface area contributed by atoms with Gasteiger partial charge in [-0.3, -0.25) is 4.79 Å². The number of carbonyl (C=O) groups is 1. The van der Waals surface area contributed by atoms with Crippen molar-refractivity contribution in [3.05, 3.63) is 65.2 Å². The highest BCUT2D eigenvalue weighted by molar-refractivity contribution is 5.95. The summed E-state index contributed by atoms with van der Waals surface area (Å²) in [6.45, 7) is 3.56. The predicted molar refractivity (Wildman–Crippen MR) is 89.7 cm³/mol. The van der Waals surface area contributed by atoms with Crippen molar-refractivity contribution in [3.8, 4) is 0 Å². The van der Waals surface area contributed by atoms with Gasteiger partial charge in [-0.2, -0.15) is 0 Å². The molecule has 0 aromatic heterocycles. The van der Waals surface area contributed by atoms with Crippen molar-refractivity contribution < 1.29 is 13.6 Å². The molecule has 0 unspecified atom stereocenters. The van der Waals surface area contributed by atoms with Crippen LogP contribution in [0.15, 0.2) is 42.5 Å². The maximum atomic E-state index is 13.3. The summed E-state index contributed by atoms with van der Waals surface area (Å²) in [5.74, 6) is -2.04. The third-order valence-electron chi connectivity index (χ3n) is 4.34. The number of amides is 1. The number of hydrogen-bond acceptors (Lipinski definition) is 2. The van der Waals surface area contributed by atoms with E-state index in [1.165, 1.54) is 6.07 Å². The monoisotopic (exact) mass is 330 g/mol. The number of anilines is 1. The van der Waals surface area contributed by atoms with Crippen molar-refractivity contribution in [2.45, 2.75) is 25.8 Å². The van der Waals surface area contributed by atoms with E-state index in [-0.39, 0.29) is 17.7 Å². The van der Waals surface area contributed by atoms with Gasteiger partial charge in [0.2, 0.25) is 5.91 Å². The topological polar surface area (TPSA) is 41.1 Å². The fraction of sp³-hybridized carbons (Fsp3) is 0.316. The van der Waals surface area contributed by atoms with Gasteiger partial charge < -0.3 is 10.6 Å². The zero-order valence-electron chi connectivity index (χ0n) is 13.5. The van der Waals surface area contributed by atoms with Gasteiger partial charge in [-0.1, -0.05) is 31.2 Å². The van der Waals surface area contributed by atoms with Crippen LogP contribution >= 0.6 is 0 Å². The van der Waals surface area contributed by atoms with Gasteiger partial charge in [-0.25, -0.2) is 8.78 Å². The van der Waals surface area contributed by atoms with Crippen molar-refractivity contribution in [3.63, 3.8) is 0 Å². The molecular weight excluding hydrogens is 310 g/mol. The molecule has 1 saturated carbocycles. The summed E-state index contributed by atoms with van der Waals surface area (Å²) in [5, 5.41) is 6.20. The van der Waals surface area contributed by atoms with E-state index in [4.69, 9.17) is 0 Å². The summed E-state index contributed by atoms with van der Waals surface area (Å²) in [6.07, 6.45) is 0.659. The van der Waals surface area contributed by atoms with E-state index in [0.29, 0.717) is 18.5 Å². The van der Waals surface area contributed by atoms with Crippen LogP contribution in [0.2, 0.25) is 0 Å². The highest BCUT2D eigenvalue weighted by Crippen LogP contribution is 2.48. The number of nitrogens with one attached hydrogen (secondary N) is 2. The van der Waals surface area contributed by atoms with Crippen molar-refractivity contribution >= 4 is 11.6 Å². The van der Waals surface area contributed by atoms with Gasteiger partial charge in [0, 0.05) is 18.2 Å². The van der Waals surface area contributed by atoms with E-state index in [2.05, 4.69) is 10.6 Å². The van der Waals surface area contributed by atoms with Crippen LogP contribution in [0.25, 0.3) is 0 Å². The lowest BCUT2D eigenvalue weighted by atomic mass is 10.1. The summed E-state index contributed by atoms with van der Waals surface area (Å²) < 4.78 is 26.3. The number of carbonyl (C=O) groups excluding carboxylic acids is 1. The molecule has 1 aliphatic carbocycles. The molecule has 0 heterocycles. The molecule has 1 aliphatic rings. The largest absolute Gasteiger partial charge is 0.326 e. The van der Waals surface area contributed by atoms with Gasteiger partial charge in [0.1, 0.15) is 0 Å². The Kier molecular flexibility index (Phi) is 4.90. The van der Waals surface area contributed by atoms with E-state index < -0.39 is 11.6 Å². The second kappa shape index (κ2) is 7.09. The minimum Gasteiger partial charge on any atom is -0.326 e. The summed E-state index contributed by atoms with van der Waals surface area (Å²) in [4.78, 5) is 12.4. The van der Waals surface area contributed by atoms with Gasteiger partial charge >= 0.3 is 0 Å². The molecule has 3 nitrogen and oxygen atoms in total. The number of halogens is 2. The van der Waals surface area contributed by atoms with Crippen LogP contribution in [0, 0.1) is 17.6 Å². The Balaban J connectivity index is 1.66. The zero-order valence-corrected chi connectivity index (χ0v) is 13.5. The average molecular weight is 330 g/mol. The van der Waals surface area contributed by atoms with Crippen molar-refractivity contribution in [2.24, 2.45) is 5.92 Å². The highest BCUT2D eigenvalue weighted by Gasteiger charge is 2.44. The quantitative estimate of drug-likeness (QED) is 0.845. The van der Waals surface area contributed by atoms with Crippen LogP contribution < -0.4 is 10.6 Å². The molecule has 0 radical (unpaired) electrons. The standard InChI is InChI=1S/C19H20F2N2O/c1-2-22-11-13-5-3-4-6-18(13)23-19(24)15-10-14(15)12-7-8-16(20)17(21)9-12/h3-9,14-15,22H,2,10-11H2,1H3,(H,23,24)/t14-,15+/m0/s1. The van der Waals surface area contributed by atoms with Crippen LogP contribution in [-0.4, -0.2) is 12.5 Å². The predicted octanol–water partition coefficient (Wildman–Crippen LogP) is 3.82. The Hall–Kier alpha value is -2.27. The molecule has 5 heteroatoms. The average Bonchev–Trinajstić information content (AvgIpc) is 3.37. The molecule has 2 aromatic rings. The van der Waals surface area contributed by atoms with Crippen LogP contribution in [0.1, 0.15) is 30.4 Å². The molecule has 0 spiro atoms. The zero-order chi connectivity index (χ0) is 17.1. The number of rotatable bonds is 6. The third kappa shape index (κ3) is 3.62. The molecule has 126 valence electrons. The van der Waals surface area contributed by atoms with E-state index in [1.54, 1.807) is 6.07 Å². The maximum absolute atomic E-state index is 13.3. The van der Waals surface area contributed by atoms with E-state index in [1.807, 2.05) is 31.2 Å². The summed E-state index contributed by atoms with van der Waals surface area (Å²) in [7, 11) is 0. The Morgan fingerprint density at radius 2 is 1.96 bits per heavy atom. The van der Waals surface area contributed by atoms with Gasteiger partial charge in [0.15, 0.2) is 11.6 Å². The van der Waals surface area contributed by atoms with Crippen LogP contribution in [0.3, 0.4) is 0 Å². The molecule has 1 amide bonds. The molecule has 2 N–H and O–H groups in total. The van der Waals surface area contributed by atoms with Crippen molar-refractivity contribution in [1.29, 1.82) is 0 Å². The van der Waals surface area contributed by atoms with E-state index >= 15 is 0 Å². The molecule has 0 saturated heterocycles. The minimum atomic E-state index is -0.866. The Labute approximate surface area is 140 Å². The van der Waals surface area contributed by atoms with Gasteiger partial charge in [0.05, 0.1) is 0 Å². The lowest BCUT2D eigenvalue weighted by molar-refractivity contribution is -0.117. The molecule has 2 atom stereocenters. The van der Waals surface area contributed by atoms with Gasteiger partial charge in [0.25, 0.3) is 0 Å². The van der Waals surface area contributed by atoms with Crippen molar-refractivity contribution in [1.82, 2.24) is 5.32 Å². The third-order valence-corrected chi connectivity index (χ3v) is 4.34. The van der Waals surface area contributed by atoms with Crippen LogP contribution in [0.4, 0.5) is 14.5 Å². The minimum absolute atomic E-state index is 0.0407. The Morgan fingerprint density at radius 1 is 1.17 bits per heavy atom. The first kappa shape index (κ1) is 16.6. The molecule has 1 fully saturated rings. The maximum Gasteiger partial charge on any atom is 0.228 e. The van der Waals surface area contributed by atoms with Crippen LogP contribution in [-0.2, 0) is 11.3 Å². The highest BCUT2D eigenvalue weighted by atomic mass is 19.2. The van der Waals surface area contributed by atoms with Gasteiger partial charge in [-0.05, 0) is 48.2 Å². The second-order valence-electron chi connectivity index (χ2n) is 6.05. The number of hydrogen-bond donors (Lipinski definition) is 2. The molecule has 24 heavy (non-hydrogen) atoms. The second-order valence-corrected chi connectivity index (χ2v) is 6.05. The first-order valence-electron chi connectivity index (χ1n) is 8.14. The number of para-hydroxylation sites is 1. The molecule has 3 rings (SSSR count). The fourth-order valence-corrected chi connectivity index (χ4v) is 2.88. The summed E-state index contributed by atoms with van der Waals surface area (Å²) >= 11 is 0. The first-order valence-corrected chi connectivity index (χ1v) is 8.14. The molecule has 0 aliphatic heterocycles. The fourth-order valence-electron chi connectivity index (χ4n) is 2.88. The summed E-state index contributed by atoms with van der Waals surface area (Å²) in [6, 6.07) is 11.5. The molecule has 2 aromatic carbocycles.